The van der Waals surface area contributed by atoms with E-state index in [2.05, 4.69) is 32.9 Å². The van der Waals surface area contributed by atoms with E-state index in [0.29, 0.717) is 0 Å². The average molecular weight is 266 g/mol. The molecule has 0 saturated carbocycles. The second-order valence-electron chi connectivity index (χ2n) is 4.91. The van der Waals surface area contributed by atoms with Gasteiger partial charge in [0.25, 0.3) is 0 Å². The monoisotopic (exact) mass is 266 g/mol. The van der Waals surface area contributed by atoms with Gasteiger partial charge in [-0.3, -0.25) is 4.79 Å². The predicted molar refractivity (Wildman–Crippen MR) is 78.6 cm³/mol. The SMILES string of the molecule is CC(C)=CCCC(C)=CCSC1=CC(O)CC1=O. The highest BCUT2D eigenvalue weighted by Crippen LogP contribution is 2.26. The molecule has 0 bridgehead atoms. The number of Topliss-reactive ketones (excluding diaryl/α,β-unsaturated/α-hetero) is 1. The Labute approximate surface area is 114 Å². The molecule has 0 heterocycles. The second-order valence-corrected chi connectivity index (χ2v) is 5.97. The zero-order valence-corrected chi connectivity index (χ0v) is 12.2. The van der Waals surface area contributed by atoms with Crippen molar-refractivity contribution in [3.63, 3.8) is 0 Å². The molecular weight excluding hydrogens is 244 g/mol. The molecule has 100 valence electrons. The predicted octanol–water partition coefficient (Wildman–Crippen LogP) is 3.63. The van der Waals surface area contributed by atoms with E-state index in [9.17, 15) is 9.90 Å². The number of thioether (sulfide) groups is 1. The number of carbonyl (C=O) groups is 1. The zero-order valence-electron chi connectivity index (χ0n) is 11.4. The summed E-state index contributed by atoms with van der Waals surface area (Å²) in [4.78, 5) is 12.1. The number of hydrogen-bond acceptors (Lipinski definition) is 3. The van der Waals surface area contributed by atoms with Crippen LogP contribution in [0.15, 0.2) is 34.3 Å². The summed E-state index contributed by atoms with van der Waals surface area (Å²) in [6, 6.07) is 0. The molecule has 1 aliphatic carbocycles. The van der Waals surface area contributed by atoms with Crippen molar-refractivity contribution in [3.05, 3.63) is 34.3 Å². The minimum Gasteiger partial charge on any atom is -0.389 e. The third-order valence-corrected chi connectivity index (χ3v) is 3.78. The van der Waals surface area contributed by atoms with Gasteiger partial charge in [-0.25, -0.2) is 0 Å². The molecule has 2 nitrogen and oxygen atoms in total. The number of hydrogen-bond donors (Lipinski definition) is 1. The Morgan fingerprint density at radius 1 is 1.44 bits per heavy atom. The van der Waals surface area contributed by atoms with E-state index in [4.69, 9.17) is 0 Å². The number of rotatable bonds is 6. The number of aliphatic hydroxyl groups is 1. The summed E-state index contributed by atoms with van der Waals surface area (Å²) in [5, 5.41) is 9.31. The minimum atomic E-state index is -0.567. The van der Waals surface area contributed by atoms with Crippen LogP contribution in [0.5, 0.6) is 0 Å². The van der Waals surface area contributed by atoms with Crippen molar-refractivity contribution in [1.29, 1.82) is 0 Å². The average Bonchev–Trinajstić information content (AvgIpc) is 2.57. The molecule has 1 aliphatic rings. The second kappa shape index (κ2) is 7.59. The number of carbonyl (C=O) groups excluding carboxylic acids is 1. The molecule has 0 aromatic heterocycles. The van der Waals surface area contributed by atoms with E-state index in [-0.39, 0.29) is 12.2 Å². The molecule has 0 aromatic carbocycles. The molecule has 3 heteroatoms. The fraction of sp³-hybridized carbons (Fsp3) is 0.533. The Kier molecular flexibility index (Phi) is 6.44. The van der Waals surface area contributed by atoms with E-state index in [0.717, 1.165) is 23.5 Å². The molecule has 0 aromatic rings. The molecule has 0 spiro atoms. The Bertz CT molecular complexity index is 387. The standard InChI is InChI=1S/C15H22O2S/c1-11(2)5-4-6-12(3)7-8-18-15-10-13(16)9-14(15)17/h5,7,10,13,16H,4,6,8-9H2,1-3H3. The molecular formula is C15H22O2S. The molecule has 1 rings (SSSR count). The largest absolute Gasteiger partial charge is 0.389 e. The topological polar surface area (TPSA) is 37.3 Å². The van der Waals surface area contributed by atoms with Crippen molar-refractivity contribution in [2.45, 2.75) is 46.1 Å². The first-order valence-electron chi connectivity index (χ1n) is 6.34. The number of aliphatic hydroxyl groups excluding tert-OH is 1. The van der Waals surface area contributed by atoms with Crippen LogP contribution in [0, 0.1) is 0 Å². The Morgan fingerprint density at radius 2 is 2.17 bits per heavy atom. The first kappa shape index (κ1) is 15.3. The summed E-state index contributed by atoms with van der Waals surface area (Å²) in [6.07, 6.45) is 7.91. The van der Waals surface area contributed by atoms with Gasteiger partial charge >= 0.3 is 0 Å². The first-order valence-corrected chi connectivity index (χ1v) is 7.32. The van der Waals surface area contributed by atoms with E-state index in [1.165, 1.54) is 22.9 Å². The smallest absolute Gasteiger partial charge is 0.171 e. The lowest BCUT2D eigenvalue weighted by Crippen LogP contribution is -2.00. The lowest BCUT2D eigenvalue weighted by atomic mass is 10.1. The molecule has 0 amide bonds. The van der Waals surface area contributed by atoms with Crippen molar-refractivity contribution in [1.82, 2.24) is 0 Å². The molecule has 0 aliphatic heterocycles. The van der Waals surface area contributed by atoms with Crippen LogP contribution in [0.25, 0.3) is 0 Å². The van der Waals surface area contributed by atoms with Crippen molar-refractivity contribution >= 4 is 17.5 Å². The maximum atomic E-state index is 11.4. The lowest BCUT2D eigenvalue weighted by molar-refractivity contribution is -0.115. The molecule has 1 N–H and O–H groups in total. The van der Waals surface area contributed by atoms with Crippen LogP contribution in [0.4, 0.5) is 0 Å². The van der Waals surface area contributed by atoms with Crippen molar-refractivity contribution < 1.29 is 9.90 Å². The normalized spacial score (nSPS) is 20.0. The third kappa shape index (κ3) is 5.69. The Hall–Kier alpha value is -0.800. The summed E-state index contributed by atoms with van der Waals surface area (Å²) in [6.45, 7) is 6.34. The van der Waals surface area contributed by atoms with Crippen LogP contribution in [0.3, 0.4) is 0 Å². The highest BCUT2D eigenvalue weighted by atomic mass is 32.2. The van der Waals surface area contributed by atoms with Gasteiger partial charge in [0.1, 0.15) is 0 Å². The van der Waals surface area contributed by atoms with Gasteiger partial charge in [0.05, 0.1) is 6.10 Å². The minimum absolute atomic E-state index is 0.0723. The first-order chi connectivity index (χ1) is 8.49. The maximum absolute atomic E-state index is 11.4. The Morgan fingerprint density at radius 3 is 2.72 bits per heavy atom. The van der Waals surface area contributed by atoms with Gasteiger partial charge in [-0.05, 0) is 39.7 Å². The van der Waals surface area contributed by atoms with Gasteiger partial charge in [0.15, 0.2) is 5.78 Å². The van der Waals surface area contributed by atoms with E-state index < -0.39 is 6.10 Å². The van der Waals surface area contributed by atoms with Gasteiger partial charge in [-0.15, -0.1) is 11.8 Å². The molecule has 0 fully saturated rings. The third-order valence-electron chi connectivity index (χ3n) is 2.78. The van der Waals surface area contributed by atoms with E-state index >= 15 is 0 Å². The maximum Gasteiger partial charge on any atom is 0.171 e. The van der Waals surface area contributed by atoms with Crippen LogP contribution in [-0.4, -0.2) is 22.7 Å². The van der Waals surface area contributed by atoms with Gasteiger partial charge in [-0.2, -0.15) is 0 Å². The fourth-order valence-corrected chi connectivity index (χ4v) is 2.76. The Balaban J connectivity index is 2.29. The van der Waals surface area contributed by atoms with Crippen molar-refractivity contribution in [2.75, 3.05) is 5.75 Å². The molecule has 0 saturated heterocycles. The number of ketones is 1. The summed E-state index contributed by atoms with van der Waals surface area (Å²) in [5.41, 5.74) is 2.71. The van der Waals surface area contributed by atoms with Gasteiger partial charge < -0.3 is 5.11 Å². The lowest BCUT2D eigenvalue weighted by Gasteiger charge is -2.00. The highest BCUT2D eigenvalue weighted by molar-refractivity contribution is 8.04. The van der Waals surface area contributed by atoms with Crippen LogP contribution < -0.4 is 0 Å². The van der Waals surface area contributed by atoms with E-state index in [1.807, 2.05) is 0 Å². The summed E-state index contributed by atoms with van der Waals surface area (Å²) in [7, 11) is 0. The molecule has 1 unspecified atom stereocenters. The summed E-state index contributed by atoms with van der Waals surface area (Å²) < 4.78 is 0. The molecule has 0 radical (unpaired) electrons. The number of allylic oxidation sites excluding steroid dienone is 4. The van der Waals surface area contributed by atoms with Crippen LogP contribution >= 0.6 is 11.8 Å². The van der Waals surface area contributed by atoms with Crippen LogP contribution in [0.2, 0.25) is 0 Å². The quantitative estimate of drug-likeness (QED) is 0.746. The highest BCUT2D eigenvalue weighted by Gasteiger charge is 2.21. The van der Waals surface area contributed by atoms with Gasteiger partial charge in [0, 0.05) is 17.1 Å². The summed E-state index contributed by atoms with van der Waals surface area (Å²) in [5.74, 6) is 0.883. The fourth-order valence-electron chi connectivity index (χ4n) is 1.71. The zero-order chi connectivity index (χ0) is 13.5. The van der Waals surface area contributed by atoms with Crippen LogP contribution in [0.1, 0.15) is 40.0 Å². The molecule has 18 heavy (non-hydrogen) atoms. The summed E-state index contributed by atoms with van der Waals surface area (Å²) >= 11 is 1.52. The van der Waals surface area contributed by atoms with Gasteiger partial charge in [-0.1, -0.05) is 23.3 Å². The van der Waals surface area contributed by atoms with Crippen LogP contribution in [-0.2, 0) is 4.79 Å². The van der Waals surface area contributed by atoms with E-state index in [1.54, 1.807) is 6.08 Å². The van der Waals surface area contributed by atoms with Crippen molar-refractivity contribution in [2.24, 2.45) is 0 Å². The molecule has 1 atom stereocenters. The van der Waals surface area contributed by atoms with Crippen molar-refractivity contribution in [3.8, 4) is 0 Å². The van der Waals surface area contributed by atoms with Gasteiger partial charge in [0.2, 0.25) is 0 Å².